The van der Waals surface area contributed by atoms with Gasteiger partial charge in [0, 0.05) is 5.69 Å². The number of rotatable bonds is 4. The fourth-order valence-corrected chi connectivity index (χ4v) is 1.68. The molecular formula is C15H14FNO4. The number of aryl methyl sites for hydroxylation is 1. The minimum Gasteiger partial charge on any atom is -0.469 e. The maximum absolute atomic E-state index is 13.0. The summed E-state index contributed by atoms with van der Waals surface area (Å²) in [5, 5.41) is 2.47. The number of benzene rings is 1. The van der Waals surface area contributed by atoms with Gasteiger partial charge in [-0.2, -0.15) is 0 Å². The number of hydrogen-bond acceptors (Lipinski definition) is 4. The summed E-state index contributed by atoms with van der Waals surface area (Å²) in [5.41, 5.74) is 0.558. The molecule has 2 rings (SSSR count). The molecule has 0 spiro atoms. The van der Waals surface area contributed by atoms with Crippen LogP contribution in [0.15, 0.2) is 41.0 Å². The molecule has 1 aromatic heterocycles. The lowest BCUT2D eigenvalue weighted by Crippen LogP contribution is -2.30. The molecule has 0 aliphatic heterocycles. The molecule has 6 heteroatoms. The molecule has 1 N–H and O–H groups in total. The standard InChI is InChI=1S/C15H14FNO4/c1-9-13(6-7-20-9)15(19)21-10(2)14(18)17-12-5-3-4-11(16)8-12/h3-8,10H,1-2H3,(H,17,18)/t10-/m0/s1. The lowest BCUT2D eigenvalue weighted by atomic mass is 10.2. The first-order valence-electron chi connectivity index (χ1n) is 6.29. The summed E-state index contributed by atoms with van der Waals surface area (Å²) in [7, 11) is 0. The van der Waals surface area contributed by atoms with Crippen LogP contribution in [0, 0.1) is 12.7 Å². The summed E-state index contributed by atoms with van der Waals surface area (Å²) < 4.78 is 23.0. The summed E-state index contributed by atoms with van der Waals surface area (Å²) in [6.45, 7) is 3.05. The lowest BCUT2D eigenvalue weighted by molar-refractivity contribution is -0.123. The maximum atomic E-state index is 13.0. The number of nitrogens with one attached hydrogen (secondary N) is 1. The quantitative estimate of drug-likeness (QED) is 0.879. The highest BCUT2D eigenvalue weighted by Gasteiger charge is 2.21. The van der Waals surface area contributed by atoms with Crippen LogP contribution in [0.5, 0.6) is 0 Å². The van der Waals surface area contributed by atoms with Crippen LogP contribution in [0.4, 0.5) is 10.1 Å². The minimum absolute atomic E-state index is 0.264. The van der Waals surface area contributed by atoms with Gasteiger partial charge in [-0.25, -0.2) is 9.18 Å². The van der Waals surface area contributed by atoms with Crippen molar-refractivity contribution in [2.75, 3.05) is 5.32 Å². The van der Waals surface area contributed by atoms with Crippen molar-refractivity contribution in [3.63, 3.8) is 0 Å². The summed E-state index contributed by atoms with van der Waals surface area (Å²) in [5.74, 6) is -1.25. The highest BCUT2D eigenvalue weighted by molar-refractivity contribution is 5.97. The molecule has 1 amide bonds. The van der Waals surface area contributed by atoms with E-state index in [-0.39, 0.29) is 5.56 Å². The van der Waals surface area contributed by atoms with Crippen molar-refractivity contribution < 1.29 is 23.1 Å². The van der Waals surface area contributed by atoms with Crippen LogP contribution in [0.25, 0.3) is 0 Å². The van der Waals surface area contributed by atoms with E-state index in [1.165, 1.54) is 43.5 Å². The van der Waals surface area contributed by atoms with Crippen molar-refractivity contribution in [2.45, 2.75) is 20.0 Å². The summed E-state index contributed by atoms with van der Waals surface area (Å²) >= 11 is 0. The first-order chi connectivity index (χ1) is 9.97. The molecule has 5 nitrogen and oxygen atoms in total. The molecule has 110 valence electrons. The number of carbonyl (C=O) groups is 2. The van der Waals surface area contributed by atoms with Crippen LogP contribution in [0.2, 0.25) is 0 Å². The molecule has 1 heterocycles. The molecule has 0 saturated heterocycles. The van der Waals surface area contributed by atoms with Gasteiger partial charge < -0.3 is 14.5 Å². The van der Waals surface area contributed by atoms with Gasteiger partial charge in [0.05, 0.1) is 6.26 Å². The maximum Gasteiger partial charge on any atom is 0.342 e. The van der Waals surface area contributed by atoms with Gasteiger partial charge in [-0.1, -0.05) is 6.07 Å². The smallest absolute Gasteiger partial charge is 0.342 e. The van der Waals surface area contributed by atoms with Gasteiger partial charge in [-0.15, -0.1) is 0 Å². The highest BCUT2D eigenvalue weighted by atomic mass is 19.1. The Morgan fingerprint density at radius 2 is 2.10 bits per heavy atom. The van der Waals surface area contributed by atoms with Gasteiger partial charge in [0.1, 0.15) is 17.1 Å². The molecule has 1 aromatic carbocycles. The second-order valence-electron chi connectivity index (χ2n) is 4.44. The van der Waals surface area contributed by atoms with E-state index in [9.17, 15) is 14.0 Å². The van der Waals surface area contributed by atoms with E-state index in [0.29, 0.717) is 11.4 Å². The zero-order valence-corrected chi connectivity index (χ0v) is 11.6. The van der Waals surface area contributed by atoms with Crippen molar-refractivity contribution in [1.82, 2.24) is 0 Å². The third kappa shape index (κ3) is 3.68. The summed E-state index contributed by atoms with van der Waals surface area (Å²) in [4.78, 5) is 23.7. The molecule has 0 bridgehead atoms. The minimum atomic E-state index is -1.02. The fraction of sp³-hybridized carbons (Fsp3) is 0.200. The van der Waals surface area contributed by atoms with Crippen LogP contribution in [-0.2, 0) is 9.53 Å². The van der Waals surface area contributed by atoms with Gasteiger partial charge in [0.2, 0.25) is 0 Å². The summed E-state index contributed by atoms with van der Waals surface area (Å²) in [6.07, 6.45) is 0.346. The number of ether oxygens (including phenoxy) is 1. The number of esters is 1. The predicted octanol–water partition coefficient (Wildman–Crippen LogP) is 2.91. The van der Waals surface area contributed by atoms with Crippen molar-refractivity contribution in [3.8, 4) is 0 Å². The van der Waals surface area contributed by atoms with Gasteiger partial charge in [-0.05, 0) is 38.1 Å². The Labute approximate surface area is 120 Å². The molecule has 0 aliphatic rings. The molecule has 0 aliphatic carbocycles. The third-order valence-electron chi connectivity index (χ3n) is 2.82. The van der Waals surface area contributed by atoms with E-state index in [0.717, 1.165) is 0 Å². The largest absolute Gasteiger partial charge is 0.469 e. The van der Waals surface area contributed by atoms with E-state index in [4.69, 9.17) is 9.15 Å². The van der Waals surface area contributed by atoms with Crippen LogP contribution < -0.4 is 5.32 Å². The number of halogens is 1. The van der Waals surface area contributed by atoms with Gasteiger partial charge in [-0.3, -0.25) is 4.79 Å². The fourth-order valence-electron chi connectivity index (χ4n) is 1.68. The van der Waals surface area contributed by atoms with Crippen molar-refractivity contribution in [3.05, 3.63) is 53.7 Å². The molecular weight excluding hydrogens is 277 g/mol. The SMILES string of the molecule is Cc1occc1C(=O)O[C@@H](C)C(=O)Nc1cccc(F)c1. The van der Waals surface area contributed by atoms with Crippen LogP contribution in [0.3, 0.4) is 0 Å². The Bertz CT molecular complexity index is 665. The van der Waals surface area contributed by atoms with E-state index >= 15 is 0 Å². The van der Waals surface area contributed by atoms with E-state index < -0.39 is 23.8 Å². The molecule has 2 aromatic rings. The van der Waals surface area contributed by atoms with Gasteiger partial charge in [0.25, 0.3) is 5.91 Å². The second kappa shape index (κ2) is 6.21. The summed E-state index contributed by atoms with van der Waals surface area (Å²) in [6, 6.07) is 6.91. The van der Waals surface area contributed by atoms with Crippen molar-refractivity contribution in [2.24, 2.45) is 0 Å². The zero-order chi connectivity index (χ0) is 15.4. The zero-order valence-electron chi connectivity index (χ0n) is 11.6. The molecule has 21 heavy (non-hydrogen) atoms. The van der Waals surface area contributed by atoms with Crippen LogP contribution in [-0.4, -0.2) is 18.0 Å². The average molecular weight is 291 g/mol. The number of anilines is 1. The Morgan fingerprint density at radius 3 is 2.71 bits per heavy atom. The van der Waals surface area contributed by atoms with Gasteiger partial charge >= 0.3 is 5.97 Å². The van der Waals surface area contributed by atoms with Crippen LogP contribution in [0.1, 0.15) is 23.0 Å². The third-order valence-corrected chi connectivity index (χ3v) is 2.82. The first-order valence-corrected chi connectivity index (χ1v) is 6.29. The van der Waals surface area contributed by atoms with Gasteiger partial charge in [0.15, 0.2) is 6.10 Å². The number of amides is 1. The van der Waals surface area contributed by atoms with E-state index in [2.05, 4.69) is 5.32 Å². The first kappa shape index (κ1) is 14.8. The molecule has 0 radical (unpaired) electrons. The molecule has 0 unspecified atom stereocenters. The lowest BCUT2D eigenvalue weighted by Gasteiger charge is -2.13. The van der Waals surface area contributed by atoms with Crippen molar-refractivity contribution in [1.29, 1.82) is 0 Å². The number of furan rings is 1. The Kier molecular flexibility index (Phi) is 4.37. The Balaban J connectivity index is 1.97. The van der Waals surface area contributed by atoms with Crippen LogP contribution >= 0.6 is 0 Å². The predicted molar refractivity (Wildman–Crippen MR) is 73.4 cm³/mol. The topological polar surface area (TPSA) is 68.5 Å². The molecule has 0 saturated carbocycles. The van der Waals surface area contributed by atoms with Crippen molar-refractivity contribution >= 4 is 17.6 Å². The Hall–Kier alpha value is -2.63. The highest BCUT2D eigenvalue weighted by Crippen LogP contribution is 2.13. The molecule has 1 atom stereocenters. The van der Waals surface area contributed by atoms with E-state index in [1.54, 1.807) is 6.92 Å². The molecule has 0 fully saturated rings. The second-order valence-corrected chi connectivity index (χ2v) is 4.44. The number of carbonyl (C=O) groups excluding carboxylic acids is 2. The average Bonchev–Trinajstić information content (AvgIpc) is 2.85. The monoisotopic (exact) mass is 291 g/mol. The Morgan fingerprint density at radius 1 is 1.33 bits per heavy atom. The van der Waals surface area contributed by atoms with E-state index in [1.807, 2.05) is 0 Å². The normalized spacial score (nSPS) is 11.8. The number of hydrogen-bond donors (Lipinski definition) is 1.